The van der Waals surface area contributed by atoms with E-state index < -0.39 is 5.97 Å². The summed E-state index contributed by atoms with van der Waals surface area (Å²) in [5.74, 6) is -0.481. The lowest BCUT2D eigenvalue weighted by Crippen LogP contribution is -2.14. The van der Waals surface area contributed by atoms with Crippen LogP contribution in [0.5, 0.6) is 17.2 Å². The number of nitrogens with zero attached hydrogens (tertiary/aromatic N) is 1. The lowest BCUT2D eigenvalue weighted by Gasteiger charge is -2.17. The van der Waals surface area contributed by atoms with Crippen LogP contribution in [0.25, 0.3) is 0 Å². The van der Waals surface area contributed by atoms with Crippen molar-refractivity contribution in [2.75, 3.05) is 54.2 Å². The second kappa shape index (κ2) is 17.4. The first kappa shape index (κ1) is 30.4. The summed E-state index contributed by atoms with van der Waals surface area (Å²) >= 11 is 0. The summed E-state index contributed by atoms with van der Waals surface area (Å²) in [4.78, 5) is 23.3. The van der Waals surface area contributed by atoms with E-state index in [4.69, 9.17) is 38.2 Å². The van der Waals surface area contributed by atoms with Gasteiger partial charge in [-0.05, 0) is 11.1 Å². The van der Waals surface area contributed by atoms with Gasteiger partial charge in [-0.25, -0.2) is 4.79 Å². The number of carbonyl (C=O) groups excluding carboxylic acids is 1. The minimum absolute atomic E-state index is 0.0375. The topological polar surface area (TPSA) is 115 Å². The molecule has 0 saturated heterocycles. The normalized spacial score (nSPS) is 10.7. The van der Waals surface area contributed by atoms with Gasteiger partial charge in [-0.2, -0.15) is 5.26 Å². The summed E-state index contributed by atoms with van der Waals surface area (Å²) in [6.45, 7) is 1.09. The van der Waals surface area contributed by atoms with Gasteiger partial charge in [0.15, 0.2) is 30.8 Å². The highest BCUT2D eigenvalue weighted by molar-refractivity contribution is 5.71. The van der Waals surface area contributed by atoms with Crippen molar-refractivity contribution in [3.8, 4) is 23.3 Å². The van der Waals surface area contributed by atoms with Crippen LogP contribution in [-0.4, -0.2) is 60.2 Å². The molecule has 3 aromatic rings. The van der Waals surface area contributed by atoms with Crippen LogP contribution in [0.15, 0.2) is 72.8 Å². The number of benzene rings is 3. The lowest BCUT2D eigenvalue weighted by molar-refractivity contribution is -0.214. The van der Waals surface area contributed by atoms with Crippen LogP contribution < -0.4 is 14.4 Å². The van der Waals surface area contributed by atoms with Gasteiger partial charge in [0.2, 0.25) is 0 Å². The number of ether oxygens (including phenoxy) is 6. The van der Waals surface area contributed by atoms with Gasteiger partial charge in [-0.1, -0.05) is 60.7 Å². The molecule has 212 valence electrons. The second-order valence-electron chi connectivity index (χ2n) is 8.35. The first-order valence-corrected chi connectivity index (χ1v) is 12.6. The number of hydrogen-bond donors (Lipinski definition) is 0. The van der Waals surface area contributed by atoms with E-state index in [1.165, 1.54) is 12.1 Å². The van der Waals surface area contributed by atoms with Gasteiger partial charge in [0.05, 0.1) is 32.8 Å². The van der Waals surface area contributed by atoms with Crippen LogP contribution in [0.2, 0.25) is 0 Å². The maximum atomic E-state index is 12.9. The fraction of sp³-hybridized carbons (Fsp3) is 0.333. The molecule has 0 radical (unpaired) electrons. The summed E-state index contributed by atoms with van der Waals surface area (Å²) in [6.07, 6.45) is 0.0375. The molecule has 0 N–H and O–H groups in total. The van der Waals surface area contributed by atoms with Gasteiger partial charge in [0.25, 0.3) is 0 Å². The Bertz CT molecular complexity index is 1160. The average Bonchev–Trinajstić information content (AvgIpc) is 3.00. The summed E-state index contributed by atoms with van der Waals surface area (Å²) in [5.41, 5.74) is 2.02. The molecule has 0 saturated carbocycles. The molecule has 0 aliphatic rings. The molecule has 10 heteroatoms. The lowest BCUT2D eigenvalue weighted by atomic mass is 9.89. The van der Waals surface area contributed by atoms with E-state index in [2.05, 4.69) is 0 Å². The predicted molar refractivity (Wildman–Crippen MR) is 144 cm³/mol. The van der Waals surface area contributed by atoms with Gasteiger partial charge >= 0.3 is 5.97 Å². The first-order valence-electron chi connectivity index (χ1n) is 12.6. The molecule has 0 aliphatic heterocycles. The van der Waals surface area contributed by atoms with E-state index in [-0.39, 0.29) is 48.7 Å². The Morgan fingerprint density at radius 3 is 1.93 bits per heavy atom. The van der Waals surface area contributed by atoms with E-state index >= 15 is 0 Å². The van der Waals surface area contributed by atoms with Crippen LogP contribution in [0, 0.1) is 11.3 Å². The zero-order chi connectivity index (χ0) is 28.4. The van der Waals surface area contributed by atoms with Crippen LogP contribution in [0.3, 0.4) is 0 Å². The van der Waals surface area contributed by atoms with Gasteiger partial charge < -0.3 is 28.4 Å². The third-order valence-corrected chi connectivity index (χ3v) is 5.60. The van der Waals surface area contributed by atoms with Crippen molar-refractivity contribution >= 4 is 5.97 Å². The molecule has 0 heterocycles. The molecule has 0 aromatic heterocycles. The van der Waals surface area contributed by atoms with Crippen molar-refractivity contribution in [2.45, 2.75) is 12.3 Å². The van der Waals surface area contributed by atoms with E-state index in [9.17, 15) is 10.1 Å². The highest BCUT2D eigenvalue weighted by Gasteiger charge is 2.21. The second-order valence-corrected chi connectivity index (χ2v) is 8.35. The zero-order valence-corrected chi connectivity index (χ0v) is 22.6. The molecule has 0 fully saturated rings. The minimum atomic E-state index is -0.589. The Morgan fingerprint density at radius 1 is 0.800 bits per heavy atom. The van der Waals surface area contributed by atoms with Crippen LogP contribution >= 0.6 is 0 Å². The standard InChI is InChI=1S/C30H33NO9/c1-33-13-15-35-21-37-28-18-26(17-25(20-31)30(28)38-22-36-16-14-34-2)39-40-29(32)19-27(23-9-5-3-6-10-23)24-11-7-4-8-12-24/h3-12,17-18,27H,13-16,19,21-22H2,1-2H3. The van der Waals surface area contributed by atoms with Crippen molar-refractivity contribution in [1.82, 2.24) is 0 Å². The molecule has 10 nitrogen and oxygen atoms in total. The molecular weight excluding hydrogens is 518 g/mol. The van der Waals surface area contributed by atoms with Crippen LogP contribution in [-0.2, 0) is 28.6 Å². The number of carbonyl (C=O) groups is 1. The molecule has 0 aliphatic carbocycles. The molecule has 0 amide bonds. The number of methoxy groups -OCH3 is 2. The zero-order valence-electron chi connectivity index (χ0n) is 22.6. The molecule has 0 atom stereocenters. The monoisotopic (exact) mass is 551 g/mol. The fourth-order valence-corrected chi connectivity index (χ4v) is 3.67. The van der Waals surface area contributed by atoms with Gasteiger partial charge in [-0.3, -0.25) is 9.78 Å². The Hall–Kier alpha value is -4.14. The number of nitriles is 1. The third kappa shape index (κ3) is 9.87. The Balaban J connectivity index is 1.71. The summed E-state index contributed by atoms with van der Waals surface area (Å²) in [7, 11) is 3.12. The quantitative estimate of drug-likeness (QED) is 0.0960. The van der Waals surface area contributed by atoms with Crippen molar-refractivity contribution in [3.05, 3.63) is 89.5 Å². The van der Waals surface area contributed by atoms with E-state index in [1.807, 2.05) is 66.7 Å². The highest BCUT2D eigenvalue weighted by atomic mass is 17.2. The minimum Gasteiger partial charge on any atom is -0.463 e. The SMILES string of the molecule is COCCOCOc1cc(OOC(=O)CC(c2ccccc2)c2ccccc2)cc(C#N)c1OCOCCOC. The molecular formula is C30H33NO9. The maximum Gasteiger partial charge on any atom is 0.356 e. The Labute approximate surface area is 233 Å². The number of rotatable bonds is 18. The van der Waals surface area contributed by atoms with Crippen LogP contribution in [0.1, 0.15) is 29.0 Å². The predicted octanol–water partition coefficient (Wildman–Crippen LogP) is 4.62. The molecule has 40 heavy (non-hydrogen) atoms. The van der Waals surface area contributed by atoms with Crippen molar-refractivity contribution in [3.63, 3.8) is 0 Å². The Kier molecular flexibility index (Phi) is 13.3. The largest absolute Gasteiger partial charge is 0.463 e. The third-order valence-electron chi connectivity index (χ3n) is 5.60. The number of hydrogen-bond acceptors (Lipinski definition) is 10. The molecule has 0 bridgehead atoms. The van der Waals surface area contributed by atoms with Crippen LogP contribution in [0.4, 0.5) is 0 Å². The smallest absolute Gasteiger partial charge is 0.356 e. The van der Waals surface area contributed by atoms with E-state index in [0.717, 1.165) is 11.1 Å². The molecule has 3 aromatic carbocycles. The van der Waals surface area contributed by atoms with Crippen molar-refractivity contribution in [1.29, 1.82) is 5.26 Å². The van der Waals surface area contributed by atoms with E-state index in [1.54, 1.807) is 14.2 Å². The van der Waals surface area contributed by atoms with Gasteiger partial charge in [0, 0.05) is 32.3 Å². The summed E-state index contributed by atoms with van der Waals surface area (Å²) in [6, 6.07) is 24.2. The molecule has 0 spiro atoms. The van der Waals surface area contributed by atoms with E-state index in [0.29, 0.717) is 26.4 Å². The van der Waals surface area contributed by atoms with Crippen molar-refractivity contribution in [2.24, 2.45) is 0 Å². The summed E-state index contributed by atoms with van der Waals surface area (Å²) in [5, 5.41) is 9.74. The van der Waals surface area contributed by atoms with Gasteiger partial charge in [0.1, 0.15) is 11.6 Å². The molecule has 3 rings (SSSR count). The van der Waals surface area contributed by atoms with Crippen molar-refractivity contribution < 1.29 is 43.0 Å². The first-order chi connectivity index (χ1) is 19.7. The fourth-order valence-electron chi connectivity index (χ4n) is 3.67. The summed E-state index contributed by atoms with van der Waals surface area (Å²) < 4.78 is 31.9. The highest BCUT2D eigenvalue weighted by Crippen LogP contribution is 2.36. The average molecular weight is 552 g/mol. The molecule has 0 unspecified atom stereocenters. The Morgan fingerprint density at radius 2 is 1.38 bits per heavy atom. The van der Waals surface area contributed by atoms with Gasteiger partial charge in [-0.15, -0.1) is 0 Å². The maximum absolute atomic E-state index is 12.9.